The number of rotatable bonds is 2. The normalized spacial score (nSPS) is 16.8. The largest absolute Gasteiger partial charge is 0.313 e. The van der Waals surface area contributed by atoms with Gasteiger partial charge in [0.15, 0.2) is 0 Å². The lowest BCUT2D eigenvalue weighted by Crippen LogP contribution is -2.33. The predicted molar refractivity (Wildman–Crippen MR) is 80.9 cm³/mol. The quantitative estimate of drug-likeness (QED) is 0.925. The number of para-hydroxylation sites is 1. The van der Waals surface area contributed by atoms with Crippen LogP contribution in [0.2, 0.25) is 5.02 Å². The first-order chi connectivity index (χ1) is 10.1. The summed E-state index contributed by atoms with van der Waals surface area (Å²) in [5.41, 5.74) is 0.576. The van der Waals surface area contributed by atoms with E-state index in [4.69, 9.17) is 11.6 Å². The maximum absolute atomic E-state index is 12.5. The molecule has 5 nitrogen and oxygen atoms in total. The van der Waals surface area contributed by atoms with E-state index in [1.54, 1.807) is 10.6 Å². The standard InChI is InChI=1S/C15H15ClN4O/c1-20-11-6-4-5-10(16)12(11)18-14(20)19-13(21)15(9-17)7-2-3-8-15/h4-6H,2-3,7-8H2,1H3,(H,18,19,21). The Morgan fingerprint density at radius 2 is 2.19 bits per heavy atom. The molecule has 0 aliphatic heterocycles. The molecule has 1 aliphatic carbocycles. The number of aryl methyl sites for hydroxylation is 1. The molecule has 2 aromatic rings. The smallest absolute Gasteiger partial charge is 0.247 e. The molecule has 1 aromatic heterocycles. The molecule has 108 valence electrons. The van der Waals surface area contributed by atoms with Crippen LogP contribution in [0.1, 0.15) is 25.7 Å². The van der Waals surface area contributed by atoms with Gasteiger partial charge in [0.05, 0.1) is 16.6 Å². The van der Waals surface area contributed by atoms with Crippen LogP contribution in [0, 0.1) is 16.7 Å². The number of aromatic nitrogens is 2. The Morgan fingerprint density at radius 1 is 1.48 bits per heavy atom. The molecule has 21 heavy (non-hydrogen) atoms. The molecule has 1 aliphatic rings. The number of imidazole rings is 1. The summed E-state index contributed by atoms with van der Waals surface area (Å²) in [5, 5.41) is 12.7. The van der Waals surface area contributed by atoms with Crippen molar-refractivity contribution in [1.29, 1.82) is 5.26 Å². The van der Waals surface area contributed by atoms with E-state index in [0.717, 1.165) is 18.4 Å². The number of halogens is 1. The van der Waals surface area contributed by atoms with Crippen molar-refractivity contribution >= 4 is 34.5 Å². The first-order valence-corrected chi connectivity index (χ1v) is 7.29. The van der Waals surface area contributed by atoms with Crippen LogP contribution < -0.4 is 5.32 Å². The third-order valence-corrected chi connectivity index (χ3v) is 4.50. The summed E-state index contributed by atoms with van der Waals surface area (Å²) in [6, 6.07) is 7.67. The van der Waals surface area contributed by atoms with E-state index in [-0.39, 0.29) is 5.91 Å². The molecule has 1 N–H and O–H groups in total. The average molecular weight is 303 g/mol. The van der Waals surface area contributed by atoms with Crippen molar-refractivity contribution in [1.82, 2.24) is 9.55 Å². The van der Waals surface area contributed by atoms with E-state index in [1.165, 1.54) is 0 Å². The van der Waals surface area contributed by atoms with E-state index >= 15 is 0 Å². The Morgan fingerprint density at radius 3 is 2.81 bits per heavy atom. The Hall–Kier alpha value is -2.06. The van der Waals surface area contributed by atoms with Gasteiger partial charge in [-0.1, -0.05) is 30.5 Å². The van der Waals surface area contributed by atoms with Gasteiger partial charge in [0.1, 0.15) is 10.9 Å². The fourth-order valence-electron chi connectivity index (χ4n) is 2.88. The Balaban J connectivity index is 1.95. The molecule has 0 radical (unpaired) electrons. The summed E-state index contributed by atoms with van der Waals surface area (Å²) < 4.78 is 1.78. The van der Waals surface area contributed by atoms with Crippen molar-refractivity contribution in [3.8, 4) is 6.07 Å². The van der Waals surface area contributed by atoms with Crippen LogP contribution >= 0.6 is 11.6 Å². The fraction of sp³-hybridized carbons (Fsp3) is 0.400. The van der Waals surface area contributed by atoms with Crippen LogP contribution in [0.4, 0.5) is 5.95 Å². The van der Waals surface area contributed by atoms with E-state index in [1.807, 2.05) is 19.2 Å². The highest BCUT2D eigenvalue weighted by molar-refractivity contribution is 6.35. The zero-order chi connectivity index (χ0) is 15.0. The molecule has 0 spiro atoms. The van der Waals surface area contributed by atoms with Crippen LogP contribution in [0.25, 0.3) is 11.0 Å². The second-order valence-corrected chi connectivity index (χ2v) is 5.86. The number of benzene rings is 1. The van der Waals surface area contributed by atoms with Crippen molar-refractivity contribution in [2.24, 2.45) is 12.5 Å². The first-order valence-electron chi connectivity index (χ1n) is 6.91. The van der Waals surface area contributed by atoms with Crippen LogP contribution in [-0.4, -0.2) is 15.5 Å². The fourth-order valence-corrected chi connectivity index (χ4v) is 3.09. The molecular weight excluding hydrogens is 288 g/mol. The van der Waals surface area contributed by atoms with Crippen LogP contribution in [-0.2, 0) is 11.8 Å². The summed E-state index contributed by atoms with van der Waals surface area (Å²) in [7, 11) is 1.81. The summed E-state index contributed by atoms with van der Waals surface area (Å²) in [5.74, 6) is 0.154. The van der Waals surface area contributed by atoms with E-state index in [0.29, 0.717) is 29.3 Å². The highest BCUT2D eigenvalue weighted by Crippen LogP contribution is 2.38. The molecule has 1 aromatic carbocycles. The number of carbonyl (C=O) groups is 1. The zero-order valence-electron chi connectivity index (χ0n) is 11.7. The second kappa shape index (κ2) is 5.05. The molecule has 1 fully saturated rings. The number of anilines is 1. The molecule has 0 unspecified atom stereocenters. The maximum atomic E-state index is 12.5. The van der Waals surface area contributed by atoms with Gasteiger partial charge in [0, 0.05) is 7.05 Å². The molecule has 3 rings (SSSR count). The highest BCUT2D eigenvalue weighted by atomic mass is 35.5. The van der Waals surface area contributed by atoms with Gasteiger partial charge in [-0.25, -0.2) is 4.98 Å². The van der Waals surface area contributed by atoms with E-state index in [9.17, 15) is 10.1 Å². The van der Waals surface area contributed by atoms with Gasteiger partial charge in [0.2, 0.25) is 11.9 Å². The summed E-state index contributed by atoms with van der Waals surface area (Å²) in [4.78, 5) is 16.8. The zero-order valence-corrected chi connectivity index (χ0v) is 12.4. The van der Waals surface area contributed by atoms with Gasteiger partial charge in [0.25, 0.3) is 0 Å². The van der Waals surface area contributed by atoms with Crippen molar-refractivity contribution in [2.45, 2.75) is 25.7 Å². The second-order valence-electron chi connectivity index (χ2n) is 5.46. The van der Waals surface area contributed by atoms with Gasteiger partial charge in [-0.15, -0.1) is 0 Å². The lowest BCUT2D eigenvalue weighted by Gasteiger charge is -2.18. The number of carbonyl (C=O) groups excluding carboxylic acids is 1. The Kier molecular flexibility index (Phi) is 3.34. The summed E-state index contributed by atoms with van der Waals surface area (Å²) in [6.45, 7) is 0. The monoisotopic (exact) mass is 302 g/mol. The molecule has 0 bridgehead atoms. The SMILES string of the molecule is Cn1c(NC(=O)C2(C#N)CCCC2)nc2c(Cl)cccc21. The number of amides is 1. The third kappa shape index (κ3) is 2.16. The minimum Gasteiger partial charge on any atom is -0.313 e. The number of nitriles is 1. The predicted octanol–water partition coefficient (Wildman–Crippen LogP) is 3.25. The summed E-state index contributed by atoms with van der Waals surface area (Å²) in [6.07, 6.45) is 3.05. The van der Waals surface area contributed by atoms with Crippen LogP contribution in [0.15, 0.2) is 18.2 Å². The molecule has 6 heteroatoms. The Labute approximate surface area is 127 Å². The topological polar surface area (TPSA) is 70.7 Å². The highest BCUT2D eigenvalue weighted by Gasteiger charge is 2.42. The van der Waals surface area contributed by atoms with Crippen molar-refractivity contribution < 1.29 is 4.79 Å². The average Bonchev–Trinajstić information content (AvgIpc) is 3.08. The third-order valence-electron chi connectivity index (χ3n) is 4.19. The molecule has 1 saturated carbocycles. The van der Waals surface area contributed by atoms with Gasteiger partial charge >= 0.3 is 0 Å². The molecule has 1 amide bonds. The number of fused-ring (bicyclic) bond motifs is 1. The van der Waals surface area contributed by atoms with Crippen molar-refractivity contribution in [3.63, 3.8) is 0 Å². The summed E-state index contributed by atoms with van der Waals surface area (Å²) >= 11 is 6.12. The molecule has 1 heterocycles. The lowest BCUT2D eigenvalue weighted by molar-refractivity contribution is -0.122. The number of nitrogens with one attached hydrogen (secondary N) is 1. The van der Waals surface area contributed by atoms with Crippen LogP contribution in [0.5, 0.6) is 0 Å². The molecule has 0 saturated heterocycles. The van der Waals surface area contributed by atoms with Gasteiger partial charge in [-0.2, -0.15) is 5.26 Å². The number of hydrogen-bond donors (Lipinski definition) is 1. The lowest BCUT2D eigenvalue weighted by atomic mass is 9.87. The number of nitrogens with zero attached hydrogens (tertiary/aromatic N) is 3. The Bertz CT molecular complexity index is 753. The van der Waals surface area contributed by atoms with Crippen LogP contribution in [0.3, 0.4) is 0 Å². The maximum Gasteiger partial charge on any atom is 0.247 e. The van der Waals surface area contributed by atoms with Gasteiger partial charge in [-0.3, -0.25) is 10.1 Å². The van der Waals surface area contributed by atoms with Crippen molar-refractivity contribution in [3.05, 3.63) is 23.2 Å². The van der Waals surface area contributed by atoms with Gasteiger partial charge in [-0.05, 0) is 25.0 Å². The molecular formula is C15H15ClN4O. The van der Waals surface area contributed by atoms with E-state index in [2.05, 4.69) is 16.4 Å². The van der Waals surface area contributed by atoms with Crippen molar-refractivity contribution in [2.75, 3.05) is 5.32 Å². The van der Waals surface area contributed by atoms with Gasteiger partial charge < -0.3 is 4.57 Å². The van der Waals surface area contributed by atoms with E-state index < -0.39 is 5.41 Å². The molecule has 0 atom stereocenters. The number of hydrogen-bond acceptors (Lipinski definition) is 3. The minimum atomic E-state index is -0.915. The minimum absolute atomic E-state index is 0.267. The first kappa shape index (κ1) is 13.9.